The number of carbonyl (C=O) groups is 1. The van der Waals surface area contributed by atoms with E-state index < -0.39 is 7.05 Å². The van der Waals surface area contributed by atoms with Crippen molar-refractivity contribution in [3.05, 3.63) is 105 Å². The molecule has 253 valence electrons. The van der Waals surface area contributed by atoms with Crippen LogP contribution in [0.3, 0.4) is 0 Å². The summed E-state index contributed by atoms with van der Waals surface area (Å²) >= 11 is 0. The van der Waals surface area contributed by atoms with Gasteiger partial charge in [-0.3, -0.25) is 0 Å². The van der Waals surface area contributed by atoms with Crippen LogP contribution < -0.4 is 18.9 Å². The lowest BCUT2D eigenvalue weighted by Gasteiger charge is -2.39. The molecule has 3 aromatic carbocycles. The van der Waals surface area contributed by atoms with Crippen molar-refractivity contribution in [2.75, 3.05) is 34.4 Å². The van der Waals surface area contributed by atoms with E-state index in [1.807, 2.05) is 49.4 Å². The minimum atomic E-state index is -0.552. The summed E-state index contributed by atoms with van der Waals surface area (Å²) in [4.78, 5) is 20.4. The molecule has 0 saturated heterocycles. The topological polar surface area (TPSA) is 93.6 Å². The number of carbonyl (C=O) groups excluding carboxylic acids is 1. The first-order chi connectivity index (χ1) is 23.7. The quantitative estimate of drug-likeness (QED) is 0.151. The lowest BCUT2D eigenvalue weighted by atomic mass is 9.76. The zero-order valence-electron chi connectivity index (χ0n) is 29.2. The van der Waals surface area contributed by atoms with Gasteiger partial charge in [-0.15, -0.1) is 0 Å². The highest BCUT2D eigenvalue weighted by molar-refractivity contribution is 6.64. The summed E-state index contributed by atoms with van der Waals surface area (Å²) in [5.74, 6) is 3.00. The third-order valence-corrected chi connectivity index (χ3v) is 10.0. The second kappa shape index (κ2) is 15.1. The van der Waals surface area contributed by atoms with Gasteiger partial charge >= 0.3 is 7.05 Å². The molecule has 3 heterocycles. The molecule has 0 unspecified atom stereocenters. The van der Waals surface area contributed by atoms with E-state index in [4.69, 9.17) is 18.9 Å². The van der Waals surface area contributed by atoms with Crippen LogP contribution in [-0.4, -0.2) is 74.7 Å². The molecule has 9 nitrogen and oxygen atoms in total. The smallest absolute Gasteiger partial charge is 0.376 e. The van der Waals surface area contributed by atoms with Crippen LogP contribution in [0, 0.1) is 13.8 Å². The zero-order valence-corrected chi connectivity index (χ0v) is 29.2. The maximum absolute atomic E-state index is 11.5. The van der Waals surface area contributed by atoms with E-state index >= 15 is 0 Å². The van der Waals surface area contributed by atoms with Crippen LogP contribution in [0.5, 0.6) is 28.9 Å². The van der Waals surface area contributed by atoms with Gasteiger partial charge in [0, 0.05) is 24.3 Å². The monoisotopic (exact) mass is 660 g/mol. The number of aryl methyl sites for hydroxylation is 2. The largest absolute Gasteiger partial charge is 0.493 e. The standard InChI is InChI=1S/C38H44B2N3O6/c1-24-15-28-12-14-43(40(3)45)33(30(28)16-25(24)2)17-26-7-9-34(35(19-26)46-4)49-38-10-8-27(22-41-38)18-32-31-21-37(48-6)36(47-5)20-29(31)11-13-42(32)39-23-44/h7-10,15-16,19-23,32-33,45H,11-14,17-18H2,1-6H3/t32-,33-/m1/s1. The van der Waals surface area contributed by atoms with Crippen LogP contribution in [0.4, 0.5) is 0 Å². The maximum atomic E-state index is 11.5. The third kappa shape index (κ3) is 7.34. The predicted molar refractivity (Wildman–Crippen MR) is 193 cm³/mol. The number of nitrogens with zero attached hydrogens (tertiary/aromatic N) is 3. The van der Waals surface area contributed by atoms with Gasteiger partial charge in [-0.2, -0.15) is 0 Å². The summed E-state index contributed by atoms with van der Waals surface area (Å²) in [5, 5.41) is 10.7. The molecule has 2 aliphatic heterocycles. The summed E-state index contributed by atoms with van der Waals surface area (Å²) in [5.41, 5.74) is 9.57. The first kappa shape index (κ1) is 34.5. The summed E-state index contributed by atoms with van der Waals surface area (Å²) < 4.78 is 23.1. The normalized spacial score (nSPS) is 17.4. The number of hydrogen-bond donors (Lipinski definition) is 1. The highest BCUT2D eigenvalue weighted by atomic mass is 16.5. The molecule has 1 radical (unpaired) electrons. The Morgan fingerprint density at radius 1 is 0.816 bits per heavy atom. The lowest BCUT2D eigenvalue weighted by molar-refractivity contribution is 0.270. The molecule has 6 rings (SSSR count). The molecule has 0 saturated carbocycles. The van der Waals surface area contributed by atoms with Crippen LogP contribution in [-0.2, 0) is 30.5 Å². The average Bonchev–Trinajstić information content (AvgIpc) is 3.10. The number of ether oxygens (including phenoxy) is 4. The van der Waals surface area contributed by atoms with Crippen LogP contribution in [0.2, 0.25) is 6.82 Å². The van der Waals surface area contributed by atoms with Gasteiger partial charge in [0.2, 0.25) is 5.88 Å². The van der Waals surface area contributed by atoms with Gasteiger partial charge in [0.1, 0.15) is 0 Å². The van der Waals surface area contributed by atoms with Gasteiger partial charge in [0.15, 0.2) is 23.0 Å². The van der Waals surface area contributed by atoms with E-state index in [2.05, 4.69) is 46.7 Å². The van der Waals surface area contributed by atoms with E-state index in [9.17, 15) is 9.82 Å². The van der Waals surface area contributed by atoms with Crippen LogP contribution in [0.15, 0.2) is 60.8 Å². The van der Waals surface area contributed by atoms with Crippen molar-refractivity contribution < 1.29 is 28.8 Å². The lowest BCUT2D eigenvalue weighted by Crippen LogP contribution is -2.45. The van der Waals surface area contributed by atoms with Crippen LogP contribution >= 0.6 is 0 Å². The molecule has 49 heavy (non-hydrogen) atoms. The van der Waals surface area contributed by atoms with Gasteiger partial charge in [0.25, 0.3) is 7.41 Å². The van der Waals surface area contributed by atoms with E-state index in [1.54, 1.807) is 28.7 Å². The first-order valence-electron chi connectivity index (χ1n) is 16.9. The molecule has 1 aromatic heterocycles. The molecular weight excluding hydrogens is 616 g/mol. The number of rotatable bonds is 12. The minimum absolute atomic E-state index is 0.0491. The molecule has 0 fully saturated rings. The molecule has 2 aliphatic rings. The van der Waals surface area contributed by atoms with Crippen molar-refractivity contribution in [2.45, 2.75) is 58.4 Å². The molecule has 2 atom stereocenters. The van der Waals surface area contributed by atoms with Crippen molar-refractivity contribution in [2.24, 2.45) is 0 Å². The number of methoxy groups -OCH3 is 3. The summed E-state index contributed by atoms with van der Waals surface area (Å²) in [6, 6.07) is 18.5. The molecule has 0 amide bonds. The molecule has 1 N–H and O–H groups in total. The number of hydrogen-bond acceptors (Lipinski definition) is 9. The van der Waals surface area contributed by atoms with Gasteiger partial charge in [-0.05, 0) is 128 Å². The molecule has 4 aromatic rings. The predicted octanol–water partition coefficient (Wildman–Crippen LogP) is 5.72. The molecular formula is C38H44B2N3O6. The minimum Gasteiger partial charge on any atom is -0.493 e. The maximum Gasteiger partial charge on any atom is 0.376 e. The van der Waals surface area contributed by atoms with Gasteiger partial charge in [-0.25, -0.2) is 4.98 Å². The number of fused-ring (bicyclic) bond motifs is 2. The van der Waals surface area contributed by atoms with Crippen molar-refractivity contribution in [1.82, 2.24) is 14.6 Å². The van der Waals surface area contributed by atoms with E-state index in [1.165, 1.54) is 27.8 Å². The Morgan fingerprint density at radius 2 is 1.45 bits per heavy atom. The third-order valence-electron chi connectivity index (χ3n) is 10.0. The van der Waals surface area contributed by atoms with E-state index in [0.29, 0.717) is 35.3 Å². The number of pyridine rings is 1. The Hall–Kier alpha value is -4.31. The summed E-state index contributed by atoms with van der Waals surface area (Å²) in [7, 11) is 5.97. The van der Waals surface area contributed by atoms with Gasteiger partial charge in [0.05, 0.1) is 27.5 Å². The molecule has 0 bridgehead atoms. The Morgan fingerprint density at radius 3 is 2.14 bits per heavy atom. The average molecular weight is 660 g/mol. The SMILES string of the molecule is COc1cc2c(cc1OC)[C@@H](Cc1ccc(Oc3ccc(C[C@@H]4c5cc(C)c(C)cc5CCN4B(C)O)cc3OC)nc1)N([B]C=O)CC2. The highest BCUT2D eigenvalue weighted by Gasteiger charge is 2.33. The number of benzene rings is 3. The second-order valence-electron chi connectivity index (χ2n) is 13.0. The highest BCUT2D eigenvalue weighted by Crippen LogP contribution is 2.40. The molecule has 11 heteroatoms. The fourth-order valence-corrected chi connectivity index (χ4v) is 7.29. The molecule has 0 spiro atoms. The van der Waals surface area contributed by atoms with Crippen molar-refractivity contribution in [1.29, 1.82) is 0 Å². The van der Waals surface area contributed by atoms with Crippen molar-refractivity contribution in [3.63, 3.8) is 0 Å². The van der Waals surface area contributed by atoms with Crippen molar-refractivity contribution >= 4 is 20.7 Å². The Bertz CT molecular complexity index is 1800. The van der Waals surface area contributed by atoms with Crippen LogP contribution in [0.25, 0.3) is 0 Å². The van der Waals surface area contributed by atoms with E-state index in [0.717, 1.165) is 55.2 Å². The second-order valence-corrected chi connectivity index (χ2v) is 13.0. The zero-order chi connectivity index (χ0) is 34.7. The Kier molecular flexibility index (Phi) is 10.6. The molecule has 0 aliphatic carbocycles. The Labute approximate surface area is 290 Å². The van der Waals surface area contributed by atoms with Gasteiger partial charge in [-0.1, -0.05) is 24.3 Å². The fourth-order valence-electron chi connectivity index (χ4n) is 7.29. The van der Waals surface area contributed by atoms with Crippen molar-refractivity contribution in [3.8, 4) is 28.9 Å². The van der Waals surface area contributed by atoms with Gasteiger partial charge < -0.3 is 38.4 Å². The van der Waals surface area contributed by atoms with E-state index in [-0.39, 0.29) is 12.1 Å². The first-order valence-corrected chi connectivity index (χ1v) is 16.9. The Balaban J connectivity index is 1.19. The fraction of sp³-hybridized carbons (Fsp3) is 0.368. The van der Waals surface area contributed by atoms with Crippen LogP contribution in [0.1, 0.15) is 56.6 Å². The summed E-state index contributed by atoms with van der Waals surface area (Å²) in [6.07, 6.45) is 5.75. The number of aromatic nitrogens is 1. The summed E-state index contributed by atoms with van der Waals surface area (Å²) in [6.45, 7) is 7.68.